The van der Waals surface area contributed by atoms with E-state index >= 15 is 0 Å². The van der Waals surface area contributed by atoms with Crippen molar-refractivity contribution in [2.24, 2.45) is 0 Å². The van der Waals surface area contributed by atoms with Gasteiger partial charge in [-0.15, -0.1) is 0 Å². The Morgan fingerprint density at radius 3 is 1.41 bits per heavy atom. The Morgan fingerprint density at radius 2 is 1.00 bits per heavy atom. The lowest BCUT2D eigenvalue weighted by Gasteiger charge is -2.08. The maximum atomic E-state index is 12.0. The van der Waals surface area contributed by atoms with Gasteiger partial charge in [0.25, 0.3) is 11.8 Å². The molecule has 6 heteroatoms. The lowest BCUT2D eigenvalue weighted by molar-refractivity contribution is 0.0946. The summed E-state index contributed by atoms with van der Waals surface area (Å²) in [7, 11) is 0. The molecule has 0 fully saturated rings. The zero-order valence-corrected chi connectivity index (χ0v) is 15.5. The number of hydrogen-bond donors (Lipinski definition) is 4. The second-order valence-electron chi connectivity index (χ2n) is 6.45. The highest BCUT2D eigenvalue weighted by Gasteiger charge is 2.08. The number of benzene rings is 2. The van der Waals surface area contributed by atoms with Crippen molar-refractivity contribution < 1.29 is 9.59 Å². The van der Waals surface area contributed by atoms with Gasteiger partial charge in [-0.1, -0.05) is 43.5 Å². The van der Waals surface area contributed by atoms with Crippen LogP contribution in [0.4, 0.5) is 11.4 Å². The van der Waals surface area contributed by atoms with E-state index in [4.69, 9.17) is 11.5 Å². The Morgan fingerprint density at radius 1 is 0.630 bits per heavy atom. The van der Waals surface area contributed by atoms with Gasteiger partial charge in [0.2, 0.25) is 0 Å². The third-order valence-electron chi connectivity index (χ3n) is 4.34. The summed E-state index contributed by atoms with van der Waals surface area (Å²) in [6.45, 7) is 1.27. The van der Waals surface area contributed by atoms with Gasteiger partial charge in [-0.2, -0.15) is 0 Å². The van der Waals surface area contributed by atoms with E-state index in [0.717, 1.165) is 32.1 Å². The van der Waals surface area contributed by atoms with Crippen LogP contribution in [-0.4, -0.2) is 24.9 Å². The highest BCUT2D eigenvalue weighted by atomic mass is 16.2. The van der Waals surface area contributed by atoms with E-state index < -0.39 is 0 Å². The first-order valence-corrected chi connectivity index (χ1v) is 9.35. The molecule has 144 valence electrons. The van der Waals surface area contributed by atoms with Crippen LogP contribution in [0, 0.1) is 0 Å². The largest absolute Gasteiger partial charge is 0.398 e. The van der Waals surface area contributed by atoms with Gasteiger partial charge in [-0.25, -0.2) is 0 Å². The number of carbonyl (C=O) groups is 2. The molecule has 2 rings (SSSR count). The molecule has 27 heavy (non-hydrogen) atoms. The van der Waals surface area contributed by atoms with E-state index in [1.165, 1.54) is 0 Å². The van der Waals surface area contributed by atoms with Crippen LogP contribution >= 0.6 is 0 Å². The molecule has 0 aliphatic carbocycles. The smallest absolute Gasteiger partial charge is 0.253 e. The minimum Gasteiger partial charge on any atom is -0.398 e. The van der Waals surface area contributed by atoms with Crippen LogP contribution in [0.3, 0.4) is 0 Å². The van der Waals surface area contributed by atoms with Crippen LogP contribution in [0.2, 0.25) is 0 Å². The first-order chi connectivity index (χ1) is 13.1. The molecule has 2 amide bonds. The Bertz CT molecular complexity index is 698. The van der Waals surface area contributed by atoms with Crippen molar-refractivity contribution in [3.05, 3.63) is 59.7 Å². The van der Waals surface area contributed by atoms with Crippen molar-refractivity contribution >= 4 is 23.2 Å². The van der Waals surface area contributed by atoms with E-state index in [1.54, 1.807) is 36.4 Å². The van der Waals surface area contributed by atoms with E-state index in [9.17, 15) is 9.59 Å². The number of nitrogens with one attached hydrogen (secondary N) is 2. The molecule has 0 aromatic heterocycles. The highest BCUT2D eigenvalue weighted by Crippen LogP contribution is 2.11. The lowest BCUT2D eigenvalue weighted by Crippen LogP contribution is -2.25. The maximum absolute atomic E-state index is 12.0. The zero-order chi connectivity index (χ0) is 19.5. The molecule has 2 aromatic rings. The SMILES string of the molecule is Nc1ccccc1C(=O)NCCCCCCCNC(=O)c1ccccc1N. The molecule has 0 heterocycles. The second kappa shape index (κ2) is 10.9. The number of rotatable bonds is 10. The van der Waals surface area contributed by atoms with Gasteiger partial charge >= 0.3 is 0 Å². The van der Waals surface area contributed by atoms with Crippen molar-refractivity contribution in [3.8, 4) is 0 Å². The standard InChI is InChI=1S/C21H28N4O2/c22-18-12-6-4-10-16(18)20(26)24-14-8-2-1-3-9-15-25-21(27)17-11-5-7-13-19(17)23/h4-7,10-13H,1-3,8-9,14-15,22-23H2,(H,24,26)(H,25,27). The minimum absolute atomic E-state index is 0.129. The van der Waals surface area contributed by atoms with Gasteiger partial charge in [-0.05, 0) is 37.1 Å². The predicted octanol–water partition coefficient (Wildman–Crippen LogP) is 2.96. The van der Waals surface area contributed by atoms with E-state index in [-0.39, 0.29) is 11.8 Å². The number of nitrogens with two attached hydrogens (primary N) is 2. The van der Waals surface area contributed by atoms with Crippen molar-refractivity contribution in [3.63, 3.8) is 0 Å². The van der Waals surface area contributed by atoms with Gasteiger partial charge in [-0.3, -0.25) is 9.59 Å². The summed E-state index contributed by atoms with van der Waals surface area (Å²) in [5.74, 6) is -0.257. The first-order valence-electron chi connectivity index (χ1n) is 9.35. The summed E-state index contributed by atoms with van der Waals surface area (Å²) >= 11 is 0. The molecule has 0 atom stereocenters. The minimum atomic E-state index is -0.129. The van der Waals surface area contributed by atoms with Crippen molar-refractivity contribution in [2.45, 2.75) is 32.1 Å². The molecular formula is C21H28N4O2. The van der Waals surface area contributed by atoms with Crippen molar-refractivity contribution in [1.29, 1.82) is 0 Å². The third-order valence-corrected chi connectivity index (χ3v) is 4.34. The second-order valence-corrected chi connectivity index (χ2v) is 6.45. The molecule has 0 saturated carbocycles. The van der Waals surface area contributed by atoms with Gasteiger partial charge in [0, 0.05) is 24.5 Å². The monoisotopic (exact) mass is 368 g/mol. The molecule has 2 aromatic carbocycles. The number of nitrogen functional groups attached to an aromatic ring is 2. The molecule has 0 unspecified atom stereocenters. The Kier molecular flexibility index (Phi) is 8.16. The molecule has 6 N–H and O–H groups in total. The fraction of sp³-hybridized carbons (Fsp3) is 0.333. The number of amides is 2. The fourth-order valence-electron chi connectivity index (χ4n) is 2.78. The average molecular weight is 368 g/mol. The summed E-state index contributed by atoms with van der Waals surface area (Å²) in [5, 5.41) is 5.78. The quantitative estimate of drug-likeness (QED) is 0.382. The average Bonchev–Trinajstić information content (AvgIpc) is 2.67. The Hall–Kier alpha value is -3.02. The molecule has 6 nitrogen and oxygen atoms in total. The predicted molar refractivity (Wildman–Crippen MR) is 109 cm³/mol. The van der Waals surface area contributed by atoms with Crippen LogP contribution < -0.4 is 22.1 Å². The van der Waals surface area contributed by atoms with Gasteiger partial charge < -0.3 is 22.1 Å². The number of anilines is 2. The molecule has 0 saturated heterocycles. The number of unbranched alkanes of at least 4 members (excludes halogenated alkanes) is 4. The van der Waals surface area contributed by atoms with Crippen molar-refractivity contribution in [2.75, 3.05) is 24.6 Å². The molecule has 0 bridgehead atoms. The first kappa shape index (κ1) is 20.3. The topological polar surface area (TPSA) is 110 Å². The van der Waals surface area contributed by atoms with E-state index in [1.807, 2.05) is 12.1 Å². The number of carbonyl (C=O) groups excluding carboxylic acids is 2. The Balaban J connectivity index is 1.50. The maximum Gasteiger partial charge on any atom is 0.253 e. The van der Waals surface area contributed by atoms with Crippen LogP contribution in [-0.2, 0) is 0 Å². The van der Waals surface area contributed by atoms with E-state index in [2.05, 4.69) is 10.6 Å². The van der Waals surface area contributed by atoms with Crippen LogP contribution in [0.5, 0.6) is 0 Å². The van der Waals surface area contributed by atoms with Gasteiger partial charge in [0.15, 0.2) is 0 Å². The fourth-order valence-corrected chi connectivity index (χ4v) is 2.78. The summed E-state index contributed by atoms with van der Waals surface area (Å²) in [6, 6.07) is 14.1. The van der Waals surface area contributed by atoms with Crippen LogP contribution in [0.15, 0.2) is 48.5 Å². The van der Waals surface area contributed by atoms with Crippen LogP contribution in [0.25, 0.3) is 0 Å². The third kappa shape index (κ3) is 6.66. The number of para-hydroxylation sites is 2. The molecular weight excluding hydrogens is 340 g/mol. The summed E-state index contributed by atoms with van der Waals surface area (Å²) in [5.41, 5.74) is 13.6. The van der Waals surface area contributed by atoms with Gasteiger partial charge in [0.05, 0.1) is 11.1 Å². The highest BCUT2D eigenvalue weighted by molar-refractivity contribution is 5.99. The van der Waals surface area contributed by atoms with Crippen molar-refractivity contribution in [1.82, 2.24) is 10.6 Å². The van der Waals surface area contributed by atoms with Gasteiger partial charge in [0.1, 0.15) is 0 Å². The van der Waals surface area contributed by atoms with Crippen LogP contribution in [0.1, 0.15) is 52.8 Å². The summed E-state index contributed by atoms with van der Waals surface area (Å²) in [6.07, 6.45) is 4.97. The summed E-state index contributed by atoms with van der Waals surface area (Å²) in [4.78, 5) is 24.0. The Labute approximate surface area is 160 Å². The number of hydrogen-bond acceptors (Lipinski definition) is 4. The zero-order valence-electron chi connectivity index (χ0n) is 15.5. The lowest BCUT2D eigenvalue weighted by atomic mass is 10.1. The molecule has 0 aliphatic rings. The van der Waals surface area contributed by atoms with E-state index in [0.29, 0.717) is 35.6 Å². The summed E-state index contributed by atoms with van der Waals surface area (Å²) < 4.78 is 0. The normalized spacial score (nSPS) is 10.4. The molecule has 0 aliphatic heterocycles. The molecule has 0 spiro atoms. The molecule has 0 radical (unpaired) electrons.